The highest BCUT2D eigenvalue weighted by Gasteiger charge is 2.21. The van der Waals surface area contributed by atoms with E-state index in [2.05, 4.69) is 59.9 Å². The Morgan fingerprint density at radius 1 is 0.926 bits per heavy atom. The van der Waals surface area contributed by atoms with Gasteiger partial charge in [-0.15, -0.1) is 0 Å². The molecule has 2 aromatic rings. The second-order valence-corrected chi connectivity index (χ2v) is 7.47. The van der Waals surface area contributed by atoms with Crippen LogP contribution in [0, 0.1) is 17.8 Å². The average molecular weight is 363 g/mol. The molecule has 1 heterocycles. The van der Waals surface area contributed by atoms with Crippen LogP contribution in [0.5, 0.6) is 5.75 Å². The van der Waals surface area contributed by atoms with Crippen LogP contribution in [0.4, 0.5) is 0 Å². The number of benzene rings is 1. The topological polar surface area (TPSA) is 35.0 Å². The summed E-state index contributed by atoms with van der Waals surface area (Å²) in [4.78, 5) is 8.50. The summed E-state index contributed by atoms with van der Waals surface area (Å²) in [5.41, 5.74) is 2.47. The fourth-order valence-electron chi connectivity index (χ4n) is 3.83. The second-order valence-electron chi connectivity index (χ2n) is 7.47. The highest BCUT2D eigenvalue weighted by atomic mass is 16.5. The van der Waals surface area contributed by atoms with Crippen LogP contribution >= 0.6 is 0 Å². The number of aromatic nitrogens is 2. The van der Waals surface area contributed by atoms with Crippen molar-refractivity contribution in [1.82, 2.24) is 9.97 Å². The van der Waals surface area contributed by atoms with Crippen molar-refractivity contribution in [3.05, 3.63) is 53.6 Å². The van der Waals surface area contributed by atoms with E-state index in [1.165, 1.54) is 44.1 Å². The van der Waals surface area contributed by atoms with Gasteiger partial charge in [-0.25, -0.2) is 9.97 Å². The lowest BCUT2D eigenvalue weighted by Gasteiger charge is -2.28. The minimum Gasteiger partial charge on any atom is -0.490 e. The van der Waals surface area contributed by atoms with Crippen LogP contribution in [0.2, 0.25) is 0 Å². The van der Waals surface area contributed by atoms with Crippen molar-refractivity contribution < 1.29 is 4.74 Å². The molecule has 0 N–H and O–H groups in total. The van der Waals surface area contributed by atoms with E-state index in [9.17, 15) is 0 Å². The molecule has 0 radical (unpaired) electrons. The SMILES string of the molecule is CCCOc1cnc(C#Cc2ccc(C3CCC(CCC)CC3)cc2)nc1. The van der Waals surface area contributed by atoms with Gasteiger partial charge < -0.3 is 4.74 Å². The van der Waals surface area contributed by atoms with Gasteiger partial charge in [-0.1, -0.05) is 44.7 Å². The summed E-state index contributed by atoms with van der Waals surface area (Å²) in [6.07, 6.45) is 12.5. The predicted octanol–water partition coefficient (Wildman–Crippen LogP) is 5.74. The van der Waals surface area contributed by atoms with Crippen molar-refractivity contribution in [3.8, 4) is 17.6 Å². The third-order valence-electron chi connectivity index (χ3n) is 5.35. The maximum atomic E-state index is 5.49. The van der Waals surface area contributed by atoms with E-state index in [4.69, 9.17) is 4.74 Å². The quantitative estimate of drug-likeness (QED) is 0.615. The van der Waals surface area contributed by atoms with Crippen LogP contribution in [-0.4, -0.2) is 16.6 Å². The number of hydrogen-bond acceptors (Lipinski definition) is 3. The number of nitrogens with zero attached hydrogens (tertiary/aromatic N) is 2. The Morgan fingerprint density at radius 2 is 1.63 bits per heavy atom. The van der Waals surface area contributed by atoms with Crippen LogP contribution in [-0.2, 0) is 0 Å². The fourth-order valence-corrected chi connectivity index (χ4v) is 3.83. The van der Waals surface area contributed by atoms with Crippen LogP contribution in [0.1, 0.15) is 81.7 Å². The highest BCUT2D eigenvalue weighted by molar-refractivity contribution is 5.40. The van der Waals surface area contributed by atoms with E-state index in [0.29, 0.717) is 18.2 Å². The van der Waals surface area contributed by atoms with Crippen molar-refractivity contribution in [2.45, 2.75) is 64.7 Å². The molecule has 1 aliphatic carbocycles. The second kappa shape index (κ2) is 10.1. The molecule has 0 saturated heterocycles. The Balaban J connectivity index is 1.56. The zero-order valence-electron chi connectivity index (χ0n) is 16.6. The predicted molar refractivity (Wildman–Crippen MR) is 110 cm³/mol. The summed E-state index contributed by atoms with van der Waals surface area (Å²) in [5.74, 6) is 9.09. The van der Waals surface area contributed by atoms with E-state index < -0.39 is 0 Å². The number of rotatable bonds is 6. The lowest BCUT2D eigenvalue weighted by atomic mass is 9.77. The molecular formula is C24H30N2O. The zero-order chi connectivity index (χ0) is 18.9. The van der Waals surface area contributed by atoms with Crippen LogP contribution in [0.3, 0.4) is 0 Å². The first-order valence-corrected chi connectivity index (χ1v) is 10.3. The molecule has 0 bridgehead atoms. The summed E-state index contributed by atoms with van der Waals surface area (Å²) in [7, 11) is 0. The summed E-state index contributed by atoms with van der Waals surface area (Å²) in [6.45, 7) is 5.05. The molecule has 1 aromatic heterocycles. The van der Waals surface area contributed by atoms with Crippen LogP contribution in [0.15, 0.2) is 36.7 Å². The molecule has 142 valence electrons. The number of hydrogen-bond donors (Lipinski definition) is 0. The summed E-state index contributed by atoms with van der Waals surface area (Å²) < 4.78 is 5.49. The molecule has 1 saturated carbocycles. The molecule has 0 aliphatic heterocycles. The van der Waals surface area contributed by atoms with Crippen LogP contribution < -0.4 is 4.74 Å². The third kappa shape index (κ3) is 5.82. The molecule has 1 fully saturated rings. The monoisotopic (exact) mass is 362 g/mol. The van der Waals surface area contributed by atoms with Crippen molar-refractivity contribution >= 4 is 0 Å². The minimum atomic E-state index is 0.525. The standard InChI is InChI=1S/C24H30N2O/c1-3-5-19-6-11-21(12-7-19)22-13-8-20(9-14-22)10-15-24-25-17-23(18-26-24)27-16-4-2/h8-9,13-14,17-19,21H,3-7,11-12,16H2,1-2H3. The Kier molecular flexibility index (Phi) is 7.27. The highest BCUT2D eigenvalue weighted by Crippen LogP contribution is 2.37. The largest absolute Gasteiger partial charge is 0.490 e. The Hall–Kier alpha value is -2.34. The van der Waals surface area contributed by atoms with E-state index >= 15 is 0 Å². The van der Waals surface area contributed by atoms with Gasteiger partial charge in [0.25, 0.3) is 0 Å². The minimum absolute atomic E-state index is 0.525. The summed E-state index contributed by atoms with van der Waals surface area (Å²) >= 11 is 0. The Bertz CT molecular complexity index is 748. The molecule has 3 nitrogen and oxygen atoms in total. The molecule has 0 atom stereocenters. The lowest BCUT2D eigenvalue weighted by Crippen LogP contribution is -2.13. The van der Waals surface area contributed by atoms with Gasteiger partial charge in [0.2, 0.25) is 5.82 Å². The van der Waals surface area contributed by atoms with Gasteiger partial charge in [0.15, 0.2) is 5.75 Å². The molecule has 3 heteroatoms. The van der Waals surface area contributed by atoms with Crippen molar-refractivity contribution in [2.75, 3.05) is 6.61 Å². The van der Waals surface area contributed by atoms with Gasteiger partial charge in [-0.2, -0.15) is 0 Å². The van der Waals surface area contributed by atoms with Gasteiger partial charge in [-0.3, -0.25) is 0 Å². The maximum absolute atomic E-state index is 5.49. The van der Waals surface area contributed by atoms with Gasteiger partial charge in [0.1, 0.15) is 0 Å². The fraction of sp³-hybridized carbons (Fsp3) is 0.500. The molecule has 3 rings (SSSR count). The van der Waals surface area contributed by atoms with Gasteiger partial charge in [-0.05, 0) is 67.6 Å². The molecule has 0 spiro atoms. The Morgan fingerprint density at radius 3 is 2.26 bits per heavy atom. The summed E-state index contributed by atoms with van der Waals surface area (Å²) in [5, 5.41) is 0. The van der Waals surface area contributed by atoms with E-state index in [-0.39, 0.29) is 0 Å². The van der Waals surface area contributed by atoms with Crippen molar-refractivity contribution in [3.63, 3.8) is 0 Å². The number of ether oxygens (including phenoxy) is 1. The Labute approximate surface area is 163 Å². The molecule has 1 aromatic carbocycles. The smallest absolute Gasteiger partial charge is 0.205 e. The average Bonchev–Trinajstić information content (AvgIpc) is 2.73. The van der Waals surface area contributed by atoms with Crippen LogP contribution in [0.25, 0.3) is 0 Å². The zero-order valence-corrected chi connectivity index (χ0v) is 16.6. The molecule has 1 aliphatic rings. The first-order chi connectivity index (χ1) is 13.3. The molecule has 0 amide bonds. The first-order valence-electron chi connectivity index (χ1n) is 10.3. The van der Waals surface area contributed by atoms with Gasteiger partial charge in [0.05, 0.1) is 19.0 Å². The van der Waals surface area contributed by atoms with E-state index in [1.807, 2.05) is 0 Å². The first kappa shape index (κ1) is 19.4. The third-order valence-corrected chi connectivity index (χ3v) is 5.35. The van der Waals surface area contributed by atoms with E-state index in [1.54, 1.807) is 12.4 Å². The normalized spacial score (nSPS) is 19.2. The van der Waals surface area contributed by atoms with E-state index in [0.717, 1.165) is 23.8 Å². The molecule has 27 heavy (non-hydrogen) atoms. The molecule has 0 unspecified atom stereocenters. The van der Waals surface area contributed by atoms with Gasteiger partial charge in [0, 0.05) is 5.56 Å². The van der Waals surface area contributed by atoms with Crippen molar-refractivity contribution in [1.29, 1.82) is 0 Å². The van der Waals surface area contributed by atoms with Gasteiger partial charge >= 0.3 is 0 Å². The maximum Gasteiger partial charge on any atom is 0.205 e. The lowest BCUT2D eigenvalue weighted by molar-refractivity contribution is 0.308. The summed E-state index contributed by atoms with van der Waals surface area (Å²) in [6, 6.07) is 8.74. The molecular weight excluding hydrogens is 332 g/mol. The van der Waals surface area contributed by atoms with Crippen molar-refractivity contribution in [2.24, 2.45) is 5.92 Å².